The van der Waals surface area contributed by atoms with Crippen molar-refractivity contribution in [2.75, 3.05) is 57.5 Å². The molecule has 9 aromatic heterocycles. The molecule has 0 saturated carbocycles. The number of ether oxygens (including phenoxy) is 3. The molecular weight excluding hydrogens is 997 g/mol. The maximum atomic E-state index is 13.5. The number of nitrogen functional groups attached to an aromatic ring is 1. The predicted molar refractivity (Wildman–Crippen MR) is 267 cm³/mol. The predicted octanol–water partition coefficient (Wildman–Crippen LogP) is 6.72. The van der Waals surface area contributed by atoms with Crippen LogP contribution in [0.3, 0.4) is 0 Å². The zero-order valence-electron chi connectivity index (χ0n) is 40.3. The first-order valence-electron chi connectivity index (χ1n) is 21.9. The van der Waals surface area contributed by atoms with E-state index in [1.165, 1.54) is 83.4 Å². The summed E-state index contributed by atoms with van der Waals surface area (Å²) >= 11 is 5.73. The van der Waals surface area contributed by atoms with Gasteiger partial charge in [0.1, 0.15) is 63.9 Å². The average Bonchev–Trinajstić information content (AvgIpc) is 4.09. The third-order valence-electron chi connectivity index (χ3n) is 9.83. The number of hydrogen-bond acceptors (Lipinski definition) is 20. The van der Waals surface area contributed by atoms with Crippen LogP contribution in [0.5, 0.6) is 0 Å². The summed E-state index contributed by atoms with van der Waals surface area (Å²) in [5.41, 5.74) is 14.0. The minimum Gasteiger partial charge on any atom is -0.394 e. The lowest BCUT2D eigenvalue weighted by atomic mass is 10.3. The Kier molecular flexibility index (Phi) is 18.6. The molecule has 0 aromatic carbocycles. The lowest BCUT2D eigenvalue weighted by Gasteiger charge is -2.15. The number of pyridine rings is 3. The SMILES string of the molecule is COCC(C)N.COCC(C)Nc1nc(-c2cnc3ccc(F)cn23)ncc1N.COCC(C)Nc1nc(-c2cnc3ccc(F)cn23)ncc1[N+](=O)[O-].O=[N+]([O-])c1cnc(-c2cnc3ccc(F)cn23)nc1Cl. The van der Waals surface area contributed by atoms with Gasteiger partial charge in [0.05, 0.1) is 60.1 Å². The highest BCUT2D eigenvalue weighted by Gasteiger charge is 2.22. The highest BCUT2D eigenvalue weighted by molar-refractivity contribution is 6.31. The highest BCUT2D eigenvalue weighted by atomic mass is 35.5. The fourth-order valence-corrected chi connectivity index (χ4v) is 6.84. The second-order valence-corrected chi connectivity index (χ2v) is 16.3. The molecule has 0 spiro atoms. The molecule has 9 rings (SSSR count). The first-order valence-corrected chi connectivity index (χ1v) is 22.2. The van der Waals surface area contributed by atoms with Gasteiger partial charge in [-0.3, -0.25) is 33.4 Å². The minimum atomic E-state index is -0.680. The van der Waals surface area contributed by atoms with E-state index in [1.54, 1.807) is 37.8 Å². The number of halogens is 4. The topological polar surface area (TPSA) is 319 Å². The summed E-state index contributed by atoms with van der Waals surface area (Å²) < 4.78 is 59.5. The summed E-state index contributed by atoms with van der Waals surface area (Å²) in [4.78, 5) is 57.7. The normalized spacial score (nSPS) is 12.1. The molecule has 0 saturated heterocycles. The monoisotopic (exact) mass is 1040 g/mol. The van der Waals surface area contributed by atoms with E-state index in [-0.39, 0.29) is 52.2 Å². The molecule has 29 heteroatoms. The van der Waals surface area contributed by atoms with Crippen LogP contribution in [-0.2, 0) is 14.2 Å². The Bertz CT molecular complexity index is 3380. The average molecular weight is 1050 g/mol. The van der Waals surface area contributed by atoms with Gasteiger partial charge in [-0.15, -0.1) is 0 Å². The molecule has 25 nitrogen and oxygen atoms in total. The van der Waals surface area contributed by atoms with Crippen molar-refractivity contribution in [3.05, 3.63) is 135 Å². The van der Waals surface area contributed by atoms with Crippen molar-refractivity contribution >= 4 is 57.2 Å². The summed E-state index contributed by atoms with van der Waals surface area (Å²) in [6.45, 7) is 7.17. The summed E-state index contributed by atoms with van der Waals surface area (Å²) in [7, 11) is 4.80. The van der Waals surface area contributed by atoms with Crippen molar-refractivity contribution in [1.82, 2.24) is 58.1 Å². The van der Waals surface area contributed by atoms with Crippen LogP contribution < -0.4 is 22.1 Å². The number of aromatic nitrogens is 12. The maximum Gasteiger partial charge on any atom is 0.329 e. The third kappa shape index (κ3) is 13.9. The van der Waals surface area contributed by atoms with Gasteiger partial charge >= 0.3 is 11.4 Å². The van der Waals surface area contributed by atoms with Gasteiger partial charge in [0.25, 0.3) is 0 Å². The molecule has 0 aliphatic heterocycles. The molecule has 0 aliphatic carbocycles. The number of nitrogens with zero attached hydrogens (tertiary/aromatic N) is 14. The van der Waals surface area contributed by atoms with Crippen LogP contribution in [-0.4, -0.2) is 127 Å². The zero-order valence-corrected chi connectivity index (χ0v) is 41.1. The van der Waals surface area contributed by atoms with Gasteiger partial charge in [0.2, 0.25) is 11.0 Å². The molecule has 388 valence electrons. The molecule has 9 aromatic rings. The number of hydrogen-bond donors (Lipinski definition) is 4. The Morgan fingerprint density at radius 3 is 1.34 bits per heavy atom. The van der Waals surface area contributed by atoms with Crippen molar-refractivity contribution in [3.8, 4) is 34.6 Å². The Morgan fingerprint density at radius 1 is 0.581 bits per heavy atom. The van der Waals surface area contributed by atoms with Crippen molar-refractivity contribution in [1.29, 1.82) is 0 Å². The molecule has 9 heterocycles. The van der Waals surface area contributed by atoms with Crippen LogP contribution in [0.1, 0.15) is 20.8 Å². The van der Waals surface area contributed by atoms with E-state index in [2.05, 4.69) is 60.2 Å². The number of nitrogens with one attached hydrogen (secondary N) is 2. The van der Waals surface area contributed by atoms with E-state index < -0.39 is 27.2 Å². The largest absolute Gasteiger partial charge is 0.394 e. The number of nitro groups is 2. The number of rotatable bonds is 15. The first-order chi connectivity index (χ1) is 35.4. The van der Waals surface area contributed by atoms with Gasteiger partial charge in [0, 0.05) is 58.0 Å². The van der Waals surface area contributed by atoms with Gasteiger partial charge in [-0.1, -0.05) is 11.6 Å². The number of nitrogens with two attached hydrogens (primary N) is 2. The molecule has 0 bridgehead atoms. The summed E-state index contributed by atoms with van der Waals surface area (Å²) in [5.74, 6) is 0.0282. The molecule has 0 aliphatic rings. The number of fused-ring (bicyclic) bond motifs is 3. The first kappa shape index (κ1) is 54.8. The lowest BCUT2D eigenvalue weighted by molar-refractivity contribution is -0.385. The van der Waals surface area contributed by atoms with Gasteiger partial charge in [-0.2, -0.15) is 0 Å². The molecule has 6 N–H and O–H groups in total. The smallest absolute Gasteiger partial charge is 0.329 e. The Balaban J connectivity index is 0.000000172. The molecule has 74 heavy (non-hydrogen) atoms. The fourth-order valence-electron chi connectivity index (χ4n) is 6.64. The molecule has 0 fully saturated rings. The van der Waals surface area contributed by atoms with Crippen molar-refractivity contribution in [2.45, 2.75) is 38.9 Å². The van der Waals surface area contributed by atoms with Gasteiger partial charge in [-0.25, -0.2) is 58.0 Å². The van der Waals surface area contributed by atoms with Gasteiger partial charge in [0.15, 0.2) is 23.3 Å². The summed E-state index contributed by atoms with van der Waals surface area (Å²) in [6, 6.07) is 8.53. The van der Waals surface area contributed by atoms with E-state index in [9.17, 15) is 33.4 Å². The van der Waals surface area contributed by atoms with E-state index >= 15 is 0 Å². The van der Waals surface area contributed by atoms with Crippen molar-refractivity contribution < 1.29 is 37.2 Å². The Hall–Kier alpha value is -8.57. The van der Waals surface area contributed by atoms with E-state index in [0.717, 1.165) is 12.4 Å². The highest BCUT2D eigenvalue weighted by Crippen LogP contribution is 2.28. The minimum absolute atomic E-state index is 0.0321. The number of methoxy groups -OCH3 is 3. The molecule has 3 atom stereocenters. The van der Waals surface area contributed by atoms with Crippen molar-refractivity contribution in [3.63, 3.8) is 0 Å². The van der Waals surface area contributed by atoms with Crippen LogP contribution in [0, 0.1) is 37.7 Å². The zero-order chi connectivity index (χ0) is 53.6. The molecule has 0 radical (unpaired) electrons. The van der Waals surface area contributed by atoms with Crippen LogP contribution in [0.4, 0.5) is 41.9 Å². The maximum absolute atomic E-state index is 13.5. The van der Waals surface area contributed by atoms with Gasteiger partial charge < -0.3 is 36.3 Å². The summed E-state index contributed by atoms with van der Waals surface area (Å²) in [6.07, 6.45) is 12.0. The van der Waals surface area contributed by atoms with Crippen LogP contribution >= 0.6 is 11.6 Å². The van der Waals surface area contributed by atoms with Crippen molar-refractivity contribution in [2.24, 2.45) is 5.73 Å². The quantitative estimate of drug-likeness (QED) is 0.0470. The molecule has 3 unspecified atom stereocenters. The van der Waals surface area contributed by atoms with Crippen LogP contribution in [0.25, 0.3) is 51.5 Å². The Labute approximate surface area is 423 Å². The van der Waals surface area contributed by atoms with E-state index in [4.69, 9.17) is 32.5 Å². The molecular formula is C45H48ClF3N18O7. The van der Waals surface area contributed by atoms with Crippen LogP contribution in [0.2, 0.25) is 5.15 Å². The third-order valence-corrected chi connectivity index (χ3v) is 10.1. The second-order valence-electron chi connectivity index (χ2n) is 15.9. The lowest BCUT2D eigenvalue weighted by Crippen LogP contribution is -2.22. The van der Waals surface area contributed by atoms with E-state index in [1.807, 2.05) is 13.8 Å². The van der Waals surface area contributed by atoms with Gasteiger partial charge in [-0.05, 0) is 57.2 Å². The number of imidazole rings is 3. The second kappa shape index (κ2) is 25.2. The summed E-state index contributed by atoms with van der Waals surface area (Å²) in [5, 5.41) is 27.7. The fraction of sp³-hybridized carbons (Fsp3) is 0.267. The standard InChI is InChI=1S/C15H15FN6O3.C15H17FN6O.C11H5ClFN5O2.C4H11NO/c1-9(8-25-2)19-15-12(22(23)24)6-18-14(20-15)11-5-17-13-4-3-10(16)7-21(11)13;1-9(8-23-2)20-14-11(17)5-19-15(21-14)12-6-18-13-4-3-10(16)7-22(12)13;12-10-7(18(19)20)3-15-11(16-10)8-4-14-9-2-1-6(13)5-17(8)9;1-4(5)3-6-2/h3-7,9H,8H2,1-2H3,(H,18,19,20);3-7,9H,8,17H2,1-2H3,(H,19,20,21);1-5H;4H,3,5H2,1-2H3. The van der Waals surface area contributed by atoms with E-state index in [0.29, 0.717) is 71.2 Å². The number of anilines is 3. The molecule has 0 amide bonds. The van der Waals surface area contributed by atoms with Crippen LogP contribution in [0.15, 0.2) is 92.2 Å². The Morgan fingerprint density at radius 2 is 0.959 bits per heavy atom.